The SMILES string of the molecule is C/C=C/[C@@H]1O[C@H]2C(=C[C@H]1OC(=O)[C@](OC)(c1ccccc1)C(F)(F)F)C(=O)O[C@H]2C. The first-order valence-corrected chi connectivity index (χ1v) is 9.25. The Morgan fingerprint density at radius 1 is 1.20 bits per heavy atom. The standard InChI is InChI=1S/C21H21F3O6/c1-4-8-15-16(11-14-17(29-15)12(2)28-18(14)25)30-19(26)20(27-3,21(22,23)24)13-9-6-5-7-10-13/h4-12,15-17H,1-3H3/b8-4+/t12-,15-,16+,17+,20+/m0/s1. The second-order valence-corrected chi connectivity index (χ2v) is 6.90. The van der Waals surface area contributed by atoms with Gasteiger partial charge in [-0.2, -0.15) is 13.2 Å². The van der Waals surface area contributed by atoms with Crippen LogP contribution in [0, 0.1) is 0 Å². The first-order chi connectivity index (χ1) is 14.2. The average molecular weight is 426 g/mol. The number of esters is 2. The summed E-state index contributed by atoms with van der Waals surface area (Å²) in [5.41, 5.74) is -3.66. The molecule has 9 heteroatoms. The minimum absolute atomic E-state index is 0.107. The molecule has 0 aromatic heterocycles. The fraction of sp³-hybridized carbons (Fsp3) is 0.429. The number of halogens is 3. The van der Waals surface area contributed by atoms with E-state index in [0.717, 1.165) is 19.2 Å². The van der Waals surface area contributed by atoms with Crippen LogP contribution < -0.4 is 0 Å². The number of benzene rings is 1. The Morgan fingerprint density at radius 2 is 1.87 bits per heavy atom. The highest BCUT2D eigenvalue weighted by Crippen LogP contribution is 2.44. The van der Waals surface area contributed by atoms with E-state index in [1.165, 1.54) is 30.4 Å². The van der Waals surface area contributed by atoms with Gasteiger partial charge in [0, 0.05) is 12.7 Å². The van der Waals surface area contributed by atoms with Crippen LogP contribution in [0.3, 0.4) is 0 Å². The van der Waals surface area contributed by atoms with Gasteiger partial charge in [0.1, 0.15) is 18.3 Å². The first-order valence-electron chi connectivity index (χ1n) is 9.25. The quantitative estimate of drug-likeness (QED) is 0.532. The molecular weight excluding hydrogens is 405 g/mol. The number of ether oxygens (including phenoxy) is 4. The highest BCUT2D eigenvalue weighted by Gasteiger charge is 2.64. The molecule has 1 fully saturated rings. The van der Waals surface area contributed by atoms with Gasteiger partial charge in [-0.15, -0.1) is 0 Å². The van der Waals surface area contributed by atoms with Gasteiger partial charge in [-0.05, 0) is 19.9 Å². The zero-order valence-electron chi connectivity index (χ0n) is 16.5. The molecule has 2 aliphatic rings. The van der Waals surface area contributed by atoms with Crippen molar-refractivity contribution < 1.29 is 41.7 Å². The van der Waals surface area contributed by atoms with E-state index in [-0.39, 0.29) is 5.57 Å². The predicted molar refractivity (Wildman–Crippen MR) is 98.2 cm³/mol. The Labute approximate surface area is 171 Å². The summed E-state index contributed by atoms with van der Waals surface area (Å²) in [6.07, 6.45) is -4.13. The minimum Gasteiger partial charge on any atom is -0.456 e. The molecule has 0 amide bonds. The normalized spacial score (nSPS) is 28.5. The zero-order valence-corrected chi connectivity index (χ0v) is 16.5. The fourth-order valence-corrected chi connectivity index (χ4v) is 3.57. The minimum atomic E-state index is -5.11. The van der Waals surface area contributed by atoms with Crippen LogP contribution in [-0.4, -0.2) is 49.6 Å². The number of cyclic esters (lactones) is 1. The molecule has 3 rings (SSSR count). The van der Waals surface area contributed by atoms with E-state index in [4.69, 9.17) is 18.9 Å². The number of methoxy groups -OCH3 is 1. The molecule has 30 heavy (non-hydrogen) atoms. The van der Waals surface area contributed by atoms with Gasteiger partial charge in [0.05, 0.1) is 5.57 Å². The predicted octanol–water partition coefficient (Wildman–Crippen LogP) is 3.22. The zero-order chi connectivity index (χ0) is 22.1. The molecule has 1 saturated heterocycles. The molecular formula is C21H21F3O6. The van der Waals surface area contributed by atoms with Gasteiger partial charge in [-0.3, -0.25) is 0 Å². The van der Waals surface area contributed by atoms with Crippen LogP contribution in [0.4, 0.5) is 13.2 Å². The fourth-order valence-electron chi connectivity index (χ4n) is 3.57. The van der Waals surface area contributed by atoms with Crippen LogP contribution >= 0.6 is 0 Å². The monoisotopic (exact) mass is 426 g/mol. The Kier molecular flexibility index (Phi) is 6.05. The molecule has 0 N–H and O–H groups in total. The number of carbonyl (C=O) groups excluding carboxylic acids is 2. The van der Waals surface area contributed by atoms with Gasteiger partial charge in [-0.25, -0.2) is 9.59 Å². The Bertz CT molecular complexity index is 863. The van der Waals surface area contributed by atoms with E-state index in [9.17, 15) is 22.8 Å². The van der Waals surface area contributed by atoms with E-state index in [1.807, 2.05) is 0 Å². The molecule has 162 valence electrons. The number of fused-ring (bicyclic) bond motifs is 1. The van der Waals surface area contributed by atoms with Crippen molar-refractivity contribution in [2.24, 2.45) is 0 Å². The van der Waals surface area contributed by atoms with Crippen molar-refractivity contribution >= 4 is 11.9 Å². The maximum atomic E-state index is 14.1. The lowest BCUT2D eigenvalue weighted by Gasteiger charge is -2.36. The summed E-state index contributed by atoms with van der Waals surface area (Å²) in [7, 11) is 0.785. The average Bonchev–Trinajstić information content (AvgIpc) is 2.96. The molecule has 2 heterocycles. The summed E-state index contributed by atoms with van der Waals surface area (Å²) in [4.78, 5) is 24.9. The molecule has 0 radical (unpaired) electrons. The maximum Gasteiger partial charge on any atom is 0.432 e. The van der Waals surface area contributed by atoms with Crippen molar-refractivity contribution in [3.05, 3.63) is 59.7 Å². The van der Waals surface area contributed by atoms with Gasteiger partial charge in [0.25, 0.3) is 5.60 Å². The Balaban J connectivity index is 2.00. The first kappa shape index (κ1) is 22.0. The summed E-state index contributed by atoms with van der Waals surface area (Å²) >= 11 is 0. The molecule has 1 aromatic rings. The highest BCUT2D eigenvalue weighted by atomic mass is 19.4. The third kappa shape index (κ3) is 3.63. The van der Waals surface area contributed by atoms with E-state index in [0.29, 0.717) is 0 Å². The molecule has 0 saturated carbocycles. The molecule has 0 bridgehead atoms. The summed E-state index contributed by atoms with van der Waals surface area (Å²) in [5.74, 6) is -2.33. The van der Waals surface area contributed by atoms with Gasteiger partial charge in [0.15, 0.2) is 6.10 Å². The van der Waals surface area contributed by atoms with Crippen molar-refractivity contribution in [2.75, 3.05) is 7.11 Å². The number of allylic oxidation sites excluding steroid dienone is 1. The third-order valence-electron chi connectivity index (χ3n) is 5.03. The summed E-state index contributed by atoms with van der Waals surface area (Å²) in [5, 5.41) is 0. The molecule has 0 unspecified atom stereocenters. The van der Waals surface area contributed by atoms with E-state index in [2.05, 4.69) is 0 Å². The Morgan fingerprint density at radius 3 is 2.43 bits per heavy atom. The van der Waals surface area contributed by atoms with Crippen LogP contribution in [0.1, 0.15) is 19.4 Å². The maximum absolute atomic E-state index is 14.1. The second kappa shape index (κ2) is 8.23. The van der Waals surface area contributed by atoms with Crippen molar-refractivity contribution in [1.82, 2.24) is 0 Å². The van der Waals surface area contributed by atoms with Gasteiger partial charge >= 0.3 is 18.1 Å². The number of hydrogen-bond acceptors (Lipinski definition) is 6. The van der Waals surface area contributed by atoms with Crippen LogP contribution in [0.15, 0.2) is 54.1 Å². The largest absolute Gasteiger partial charge is 0.456 e. The lowest BCUT2D eigenvalue weighted by molar-refractivity contribution is -0.279. The second-order valence-electron chi connectivity index (χ2n) is 6.90. The van der Waals surface area contributed by atoms with E-state index in [1.54, 1.807) is 19.9 Å². The van der Waals surface area contributed by atoms with Gasteiger partial charge < -0.3 is 18.9 Å². The van der Waals surface area contributed by atoms with Crippen LogP contribution in [-0.2, 0) is 34.1 Å². The number of carbonyl (C=O) groups is 2. The van der Waals surface area contributed by atoms with E-state index >= 15 is 0 Å². The summed E-state index contributed by atoms with van der Waals surface area (Å²) < 4.78 is 63.1. The van der Waals surface area contributed by atoms with Crippen molar-refractivity contribution in [3.63, 3.8) is 0 Å². The highest BCUT2D eigenvalue weighted by molar-refractivity contribution is 5.92. The molecule has 6 nitrogen and oxygen atoms in total. The summed E-state index contributed by atoms with van der Waals surface area (Å²) in [6, 6.07) is 6.49. The summed E-state index contributed by atoms with van der Waals surface area (Å²) in [6.45, 7) is 3.32. The van der Waals surface area contributed by atoms with Crippen molar-refractivity contribution in [2.45, 2.75) is 50.0 Å². The molecule has 5 atom stereocenters. The molecule has 2 aliphatic heterocycles. The lowest BCUT2D eigenvalue weighted by Crippen LogP contribution is -2.53. The number of rotatable bonds is 5. The topological polar surface area (TPSA) is 71.1 Å². The lowest BCUT2D eigenvalue weighted by atomic mass is 9.92. The molecule has 0 aliphatic carbocycles. The van der Waals surface area contributed by atoms with Gasteiger partial charge in [-0.1, -0.05) is 42.5 Å². The number of hydrogen-bond donors (Lipinski definition) is 0. The molecule has 0 spiro atoms. The van der Waals surface area contributed by atoms with Gasteiger partial charge in [0.2, 0.25) is 0 Å². The van der Waals surface area contributed by atoms with Crippen LogP contribution in [0.25, 0.3) is 0 Å². The van der Waals surface area contributed by atoms with Crippen molar-refractivity contribution in [3.8, 4) is 0 Å². The van der Waals surface area contributed by atoms with Crippen molar-refractivity contribution in [1.29, 1.82) is 0 Å². The van der Waals surface area contributed by atoms with Crippen LogP contribution in [0.5, 0.6) is 0 Å². The molecule has 1 aromatic carbocycles. The third-order valence-corrected chi connectivity index (χ3v) is 5.03. The van der Waals surface area contributed by atoms with Crippen LogP contribution in [0.2, 0.25) is 0 Å². The smallest absolute Gasteiger partial charge is 0.432 e. The number of alkyl halides is 3. The Hall–Kier alpha value is -2.65. The van der Waals surface area contributed by atoms with E-state index < -0.39 is 53.7 Å².